The zero-order valence-electron chi connectivity index (χ0n) is 12.7. The van der Waals surface area contributed by atoms with Crippen LogP contribution in [0.2, 0.25) is 0 Å². The summed E-state index contributed by atoms with van der Waals surface area (Å²) in [5.41, 5.74) is -0.364. The Bertz CT molecular complexity index is 370. The van der Waals surface area contributed by atoms with Crippen LogP contribution in [-0.2, 0) is 4.79 Å². The highest BCUT2D eigenvalue weighted by Crippen LogP contribution is 2.45. The summed E-state index contributed by atoms with van der Waals surface area (Å²) in [6.45, 7) is 6.11. The maximum atomic E-state index is 12.0. The third kappa shape index (κ3) is 3.42. The van der Waals surface area contributed by atoms with Gasteiger partial charge in [-0.2, -0.15) is 0 Å². The van der Waals surface area contributed by atoms with E-state index in [1.54, 1.807) is 7.05 Å². The monoisotopic (exact) mass is 286 g/mol. The van der Waals surface area contributed by atoms with Gasteiger partial charge in [0, 0.05) is 19.6 Å². The molecule has 20 heavy (non-hydrogen) atoms. The van der Waals surface area contributed by atoms with E-state index in [-0.39, 0.29) is 42.5 Å². The maximum absolute atomic E-state index is 12.0. The molecule has 0 radical (unpaired) electrons. The molecule has 3 N–H and O–H groups in total. The Labute approximate surface area is 120 Å². The third-order valence-corrected chi connectivity index (χ3v) is 4.83. The molecule has 0 saturated heterocycles. The Balaban J connectivity index is 2.71. The molecule has 0 aromatic heterocycles. The van der Waals surface area contributed by atoms with Gasteiger partial charge in [-0.15, -0.1) is 0 Å². The van der Waals surface area contributed by atoms with Crippen molar-refractivity contribution in [2.75, 3.05) is 20.2 Å². The van der Waals surface area contributed by atoms with Crippen LogP contribution < -0.4 is 5.32 Å². The molecular formula is C14H26N2O4. The van der Waals surface area contributed by atoms with Crippen LogP contribution in [0.1, 0.15) is 33.6 Å². The molecule has 0 bridgehead atoms. The SMILES string of the molecule is CC1C(NC(=O)N(C)CCO)CCC(C(=O)O)C1(C)C. The second-order valence-corrected chi connectivity index (χ2v) is 6.28. The van der Waals surface area contributed by atoms with Crippen molar-refractivity contribution in [3.05, 3.63) is 0 Å². The van der Waals surface area contributed by atoms with Gasteiger partial charge in [-0.3, -0.25) is 4.79 Å². The minimum atomic E-state index is -0.760. The summed E-state index contributed by atoms with van der Waals surface area (Å²) in [6.07, 6.45) is 1.24. The summed E-state index contributed by atoms with van der Waals surface area (Å²) in [5, 5.41) is 21.1. The van der Waals surface area contributed by atoms with Gasteiger partial charge in [0.05, 0.1) is 12.5 Å². The van der Waals surface area contributed by atoms with E-state index >= 15 is 0 Å². The number of amides is 2. The molecule has 1 saturated carbocycles. The molecule has 0 spiro atoms. The fourth-order valence-corrected chi connectivity index (χ4v) is 2.96. The normalized spacial score (nSPS) is 28.8. The van der Waals surface area contributed by atoms with Crippen LogP contribution in [0.3, 0.4) is 0 Å². The number of aliphatic carboxylic acids is 1. The molecule has 1 rings (SSSR count). The van der Waals surface area contributed by atoms with Crippen LogP contribution in [0.5, 0.6) is 0 Å². The first-order chi connectivity index (χ1) is 9.21. The number of nitrogens with zero attached hydrogens (tertiary/aromatic N) is 1. The van der Waals surface area contributed by atoms with Crippen LogP contribution in [0, 0.1) is 17.3 Å². The quantitative estimate of drug-likeness (QED) is 0.723. The van der Waals surface area contributed by atoms with Gasteiger partial charge in [-0.05, 0) is 24.2 Å². The highest BCUT2D eigenvalue weighted by atomic mass is 16.4. The van der Waals surface area contributed by atoms with Gasteiger partial charge < -0.3 is 20.4 Å². The van der Waals surface area contributed by atoms with Crippen molar-refractivity contribution < 1.29 is 19.8 Å². The lowest BCUT2D eigenvalue weighted by Gasteiger charge is -2.46. The Morgan fingerprint density at radius 3 is 2.45 bits per heavy atom. The highest BCUT2D eigenvalue weighted by Gasteiger charge is 2.46. The van der Waals surface area contributed by atoms with Crippen molar-refractivity contribution in [2.45, 2.75) is 39.7 Å². The van der Waals surface area contributed by atoms with Crippen molar-refractivity contribution in [3.63, 3.8) is 0 Å². The number of carbonyl (C=O) groups is 2. The number of likely N-dealkylation sites (N-methyl/N-ethyl adjacent to an activating group) is 1. The summed E-state index contributed by atoms with van der Waals surface area (Å²) < 4.78 is 0. The standard InChI is InChI=1S/C14H26N2O4/c1-9-11(15-13(20)16(4)7-8-17)6-5-10(12(18)19)14(9,2)3/h9-11,17H,5-8H2,1-4H3,(H,15,20)(H,18,19). The molecule has 0 aliphatic heterocycles. The van der Waals surface area contributed by atoms with Gasteiger partial charge in [0.25, 0.3) is 0 Å². The number of rotatable bonds is 4. The fraction of sp³-hybridized carbons (Fsp3) is 0.857. The number of nitrogens with one attached hydrogen (secondary N) is 1. The van der Waals surface area contributed by atoms with Crippen molar-refractivity contribution in [1.82, 2.24) is 10.2 Å². The van der Waals surface area contributed by atoms with E-state index in [1.165, 1.54) is 4.90 Å². The van der Waals surface area contributed by atoms with Crippen LogP contribution in [0.25, 0.3) is 0 Å². The molecule has 3 atom stereocenters. The highest BCUT2D eigenvalue weighted by molar-refractivity contribution is 5.74. The molecule has 1 aliphatic rings. The van der Waals surface area contributed by atoms with E-state index in [0.29, 0.717) is 12.8 Å². The molecule has 116 valence electrons. The average molecular weight is 286 g/mol. The number of hydrogen-bond donors (Lipinski definition) is 3. The van der Waals surface area contributed by atoms with Gasteiger partial charge >= 0.3 is 12.0 Å². The predicted molar refractivity (Wildman–Crippen MR) is 75.3 cm³/mol. The molecule has 1 fully saturated rings. The van der Waals surface area contributed by atoms with Crippen LogP contribution in [-0.4, -0.2) is 53.4 Å². The Kier molecular flexibility index (Phi) is 5.39. The molecule has 1 aliphatic carbocycles. The number of hydrogen-bond acceptors (Lipinski definition) is 3. The maximum Gasteiger partial charge on any atom is 0.317 e. The number of carbonyl (C=O) groups excluding carboxylic acids is 1. The van der Waals surface area contributed by atoms with Crippen LogP contribution in [0.4, 0.5) is 4.79 Å². The topological polar surface area (TPSA) is 89.9 Å². The summed E-state index contributed by atoms with van der Waals surface area (Å²) in [6, 6.07) is -0.255. The smallest absolute Gasteiger partial charge is 0.317 e. The molecule has 0 heterocycles. The zero-order valence-corrected chi connectivity index (χ0v) is 12.7. The number of carboxylic acids is 1. The van der Waals surface area contributed by atoms with Crippen LogP contribution in [0.15, 0.2) is 0 Å². The van der Waals surface area contributed by atoms with Crippen molar-refractivity contribution in [2.24, 2.45) is 17.3 Å². The van der Waals surface area contributed by atoms with Gasteiger partial charge in [0.15, 0.2) is 0 Å². The molecule has 0 aromatic rings. The van der Waals surface area contributed by atoms with E-state index < -0.39 is 5.97 Å². The number of aliphatic hydroxyl groups is 1. The zero-order chi connectivity index (χ0) is 15.5. The predicted octanol–water partition coefficient (Wildman–Crippen LogP) is 1.15. The lowest BCUT2D eigenvalue weighted by Crippen LogP contribution is -2.54. The van der Waals surface area contributed by atoms with Gasteiger partial charge in [0.1, 0.15) is 0 Å². The van der Waals surface area contributed by atoms with E-state index in [4.69, 9.17) is 5.11 Å². The average Bonchev–Trinajstić information content (AvgIpc) is 2.34. The van der Waals surface area contributed by atoms with E-state index in [0.717, 1.165) is 0 Å². The molecular weight excluding hydrogens is 260 g/mol. The molecule has 0 aromatic carbocycles. The minimum absolute atomic E-state index is 0.0331. The first-order valence-electron chi connectivity index (χ1n) is 7.07. The van der Waals surface area contributed by atoms with Crippen molar-refractivity contribution in [3.8, 4) is 0 Å². The number of aliphatic hydroxyl groups excluding tert-OH is 1. The lowest BCUT2D eigenvalue weighted by atomic mass is 9.61. The first kappa shape index (κ1) is 16.8. The third-order valence-electron chi connectivity index (χ3n) is 4.83. The Hall–Kier alpha value is -1.30. The van der Waals surface area contributed by atoms with E-state index in [2.05, 4.69) is 5.32 Å². The minimum Gasteiger partial charge on any atom is -0.481 e. The number of carboxylic acid groups (broad SMARTS) is 1. The molecule has 3 unspecified atom stereocenters. The second-order valence-electron chi connectivity index (χ2n) is 6.28. The van der Waals surface area contributed by atoms with Crippen molar-refractivity contribution >= 4 is 12.0 Å². The second kappa shape index (κ2) is 6.43. The molecule has 2 amide bonds. The van der Waals surface area contributed by atoms with Gasteiger partial charge in [0.2, 0.25) is 0 Å². The van der Waals surface area contributed by atoms with E-state index in [1.807, 2.05) is 20.8 Å². The summed E-state index contributed by atoms with van der Waals surface area (Å²) in [4.78, 5) is 24.7. The Morgan fingerprint density at radius 2 is 1.95 bits per heavy atom. The lowest BCUT2D eigenvalue weighted by molar-refractivity contribution is -0.150. The number of urea groups is 1. The molecule has 6 heteroatoms. The van der Waals surface area contributed by atoms with Crippen molar-refractivity contribution in [1.29, 1.82) is 0 Å². The summed E-state index contributed by atoms with van der Waals surface area (Å²) >= 11 is 0. The summed E-state index contributed by atoms with van der Waals surface area (Å²) in [7, 11) is 1.63. The summed E-state index contributed by atoms with van der Waals surface area (Å²) in [5.74, 6) is -1.06. The van der Waals surface area contributed by atoms with Gasteiger partial charge in [-0.1, -0.05) is 20.8 Å². The Morgan fingerprint density at radius 1 is 1.35 bits per heavy atom. The molecule has 6 nitrogen and oxygen atoms in total. The first-order valence-corrected chi connectivity index (χ1v) is 7.07. The van der Waals surface area contributed by atoms with Gasteiger partial charge in [-0.25, -0.2) is 4.79 Å². The largest absolute Gasteiger partial charge is 0.481 e. The fourth-order valence-electron chi connectivity index (χ4n) is 2.96. The van der Waals surface area contributed by atoms with E-state index in [9.17, 15) is 14.7 Å². The van der Waals surface area contributed by atoms with Crippen LogP contribution >= 0.6 is 0 Å².